The maximum atomic E-state index is 6.04. The fourth-order valence-electron chi connectivity index (χ4n) is 2.14. The lowest BCUT2D eigenvalue weighted by molar-refractivity contribution is 0.253. The maximum absolute atomic E-state index is 6.04. The van der Waals surface area contributed by atoms with Crippen molar-refractivity contribution in [2.45, 2.75) is 25.9 Å². The second-order valence-electron chi connectivity index (χ2n) is 4.87. The molecule has 0 aliphatic rings. The van der Waals surface area contributed by atoms with Crippen molar-refractivity contribution in [3.8, 4) is 0 Å². The van der Waals surface area contributed by atoms with Crippen molar-refractivity contribution in [3.63, 3.8) is 0 Å². The SMILES string of the molecule is C[C@H](c1cccc(Cl)c1)N(C)CCCn1ccnc1. The van der Waals surface area contributed by atoms with E-state index in [1.54, 1.807) is 0 Å². The van der Waals surface area contributed by atoms with Crippen LogP contribution in [0.4, 0.5) is 0 Å². The van der Waals surface area contributed by atoms with E-state index in [0.717, 1.165) is 24.5 Å². The summed E-state index contributed by atoms with van der Waals surface area (Å²) in [6.45, 7) is 4.27. The van der Waals surface area contributed by atoms with Crippen LogP contribution in [0.15, 0.2) is 43.0 Å². The molecule has 0 N–H and O–H groups in total. The summed E-state index contributed by atoms with van der Waals surface area (Å²) >= 11 is 6.04. The lowest BCUT2D eigenvalue weighted by Crippen LogP contribution is -2.24. The Morgan fingerprint density at radius 1 is 1.42 bits per heavy atom. The van der Waals surface area contributed by atoms with Gasteiger partial charge in [0.15, 0.2) is 0 Å². The van der Waals surface area contributed by atoms with Gasteiger partial charge < -0.3 is 4.57 Å². The molecule has 0 aliphatic heterocycles. The Bertz CT molecular complexity index is 496. The van der Waals surface area contributed by atoms with Crippen molar-refractivity contribution >= 4 is 11.6 Å². The molecule has 0 radical (unpaired) electrons. The number of imidazole rings is 1. The summed E-state index contributed by atoms with van der Waals surface area (Å²) in [5.41, 5.74) is 1.26. The van der Waals surface area contributed by atoms with E-state index in [1.165, 1.54) is 5.56 Å². The van der Waals surface area contributed by atoms with Crippen molar-refractivity contribution in [2.75, 3.05) is 13.6 Å². The highest BCUT2D eigenvalue weighted by atomic mass is 35.5. The largest absolute Gasteiger partial charge is 0.337 e. The summed E-state index contributed by atoms with van der Waals surface area (Å²) in [5.74, 6) is 0. The molecule has 0 fully saturated rings. The normalized spacial score (nSPS) is 12.8. The number of hydrogen-bond acceptors (Lipinski definition) is 2. The average molecular weight is 278 g/mol. The van der Waals surface area contributed by atoms with Crippen LogP contribution in [0, 0.1) is 0 Å². The molecule has 19 heavy (non-hydrogen) atoms. The number of benzene rings is 1. The van der Waals surface area contributed by atoms with Gasteiger partial charge in [-0.3, -0.25) is 4.90 Å². The molecule has 0 bridgehead atoms. The smallest absolute Gasteiger partial charge is 0.0945 e. The molecule has 1 aromatic heterocycles. The zero-order chi connectivity index (χ0) is 13.7. The van der Waals surface area contributed by atoms with Crippen LogP contribution < -0.4 is 0 Å². The van der Waals surface area contributed by atoms with Crippen molar-refractivity contribution in [1.29, 1.82) is 0 Å². The van der Waals surface area contributed by atoms with Crippen LogP contribution in [0.1, 0.15) is 24.9 Å². The minimum absolute atomic E-state index is 0.376. The minimum Gasteiger partial charge on any atom is -0.337 e. The van der Waals surface area contributed by atoms with Crippen LogP contribution in [-0.4, -0.2) is 28.0 Å². The first-order chi connectivity index (χ1) is 9.16. The standard InChI is InChI=1S/C15H20ClN3/c1-13(14-5-3-6-15(16)11-14)18(2)8-4-9-19-10-7-17-12-19/h3,5-7,10-13H,4,8-9H2,1-2H3/t13-/m1/s1. The first-order valence-corrected chi connectivity index (χ1v) is 6.96. The molecule has 0 saturated heterocycles. The first-order valence-electron chi connectivity index (χ1n) is 6.58. The predicted octanol–water partition coefficient (Wildman–Crippen LogP) is 3.62. The van der Waals surface area contributed by atoms with Gasteiger partial charge in [-0.2, -0.15) is 0 Å². The monoisotopic (exact) mass is 277 g/mol. The molecule has 0 spiro atoms. The van der Waals surface area contributed by atoms with Crippen molar-refractivity contribution in [2.24, 2.45) is 0 Å². The molecule has 2 rings (SSSR count). The van der Waals surface area contributed by atoms with Crippen LogP contribution in [0.5, 0.6) is 0 Å². The second kappa shape index (κ2) is 6.73. The highest BCUT2D eigenvalue weighted by Crippen LogP contribution is 2.21. The van der Waals surface area contributed by atoms with E-state index >= 15 is 0 Å². The number of hydrogen-bond donors (Lipinski definition) is 0. The molecule has 2 aromatic rings. The van der Waals surface area contributed by atoms with Gasteiger partial charge in [0.05, 0.1) is 6.33 Å². The van der Waals surface area contributed by atoms with E-state index in [9.17, 15) is 0 Å². The third-order valence-corrected chi connectivity index (χ3v) is 3.71. The number of aryl methyl sites for hydroxylation is 1. The number of halogens is 1. The van der Waals surface area contributed by atoms with Gasteiger partial charge in [-0.15, -0.1) is 0 Å². The van der Waals surface area contributed by atoms with Gasteiger partial charge in [0.2, 0.25) is 0 Å². The molecule has 1 heterocycles. The van der Waals surface area contributed by atoms with Crippen LogP contribution in [0.2, 0.25) is 5.02 Å². The van der Waals surface area contributed by atoms with Crippen molar-refractivity contribution < 1.29 is 0 Å². The molecule has 0 aliphatic carbocycles. The highest BCUT2D eigenvalue weighted by Gasteiger charge is 2.11. The van der Waals surface area contributed by atoms with Crippen LogP contribution in [-0.2, 0) is 6.54 Å². The molecule has 4 heteroatoms. The van der Waals surface area contributed by atoms with Gasteiger partial charge in [-0.1, -0.05) is 23.7 Å². The average Bonchev–Trinajstić information content (AvgIpc) is 2.91. The summed E-state index contributed by atoms with van der Waals surface area (Å²) < 4.78 is 2.11. The van der Waals surface area contributed by atoms with Gasteiger partial charge in [0.1, 0.15) is 0 Å². The Hall–Kier alpha value is -1.32. The number of aromatic nitrogens is 2. The van der Waals surface area contributed by atoms with E-state index in [2.05, 4.69) is 34.5 Å². The number of rotatable bonds is 6. The fourth-order valence-corrected chi connectivity index (χ4v) is 2.33. The van der Waals surface area contributed by atoms with E-state index in [4.69, 9.17) is 11.6 Å². The second-order valence-corrected chi connectivity index (χ2v) is 5.30. The van der Waals surface area contributed by atoms with Crippen LogP contribution >= 0.6 is 11.6 Å². The van der Waals surface area contributed by atoms with Crippen molar-refractivity contribution in [3.05, 3.63) is 53.6 Å². The van der Waals surface area contributed by atoms with E-state index in [-0.39, 0.29) is 0 Å². The molecule has 1 aromatic carbocycles. The van der Waals surface area contributed by atoms with Gasteiger partial charge in [0.25, 0.3) is 0 Å². The summed E-state index contributed by atoms with van der Waals surface area (Å²) in [4.78, 5) is 6.40. The maximum Gasteiger partial charge on any atom is 0.0945 e. The fraction of sp³-hybridized carbons (Fsp3) is 0.400. The third-order valence-electron chi connectivity index (χ3n) is 3.48. The quantitative estimate of drug-likeness (QED) is 0.804. The highest BCUT2D eigenvalue weighted by molar-refractivity contribution is 6.30. The minimum atomic E-state index is 0.376. The van der Waals surface area contributed by atoms with Gasteiger partial charge in [0, 0.05) is 36.5 Å². The molecule has 102 valence electrons. The Balaban J connectivity index is 1.83. The summed E-state index contributed by atoms with van der Waals surface area (Å²) in [5, 5.41) is 0.802. The Kier molecular flexibility index (Phi) is 5.00. The molecular formula is C15H20ClN3. The summed E-state index contributed by atoms with van der Waals surface area (Å²) in [6.07, 6.45) is 6.79. The van der Waals surface area contributed by atoms with E-state index < -0.39 is 0 Å². The molecule has 3 nitrogen and oxygen atoms in total. The lowest BCUT2D eigenvalue weighted by atomic mass is 10.1. The Labute approximate surface area is 119 Å². The third kappa shape index (κ3) is 4.08. The lowest BCUT2D eigenvalue weighted by Gasteiger charge is -2.25. The predicted molar refractivity (Wildman–Crippen MR) is 79.3 cm³/mol. The molecule has 0 amide bonds. The summed E-state index contributed by atoms with van der Waals surface area (Å²) in [6, 6.07) is 8.47. The molecule has 1 atom stereocenters. The van der Waals surface area contributed by atoms with Crippen LogP contribution in [0.25, 0.3) is 0 Å². The zero-order valence-corrected chi connectivity index (χ0v) is 12.2. The molecule has 0 saturated carbocycles. The zero-order valence-electron chi connectivity index (χ0n) is 11.5. The van der Waals surface area contributed by atoms with Gasteiger partial charge in [-0.05, 0) is 38.1 Å². The first kappa shape index (κ1) is 14.1. The van der Waals surface area contributed by atoms with Gasteiger partial charge >= 0.3 is 0 Å². The van der Waals surface area contributed by atoms with Crippen molar-refractivity contribution in [1.82, 2.24) is 14.5 Å². The topological polar surface area (TPSA) is 21.1 Å². The Morgan fingerprint density at radius 2 is 2.26 bits per heavy atom. The Morgan fingerprint density at radius 3 is 2.95 bits per heavy atom. The van der Waals surface area contributed by atoms with Crippen LogP contribution in [0.3, 0.4) is 0 Å². The van der Waals surface area contributed by atoms with Gasteiger partial charge in [-0.25, -0.2) is 4.98 Å². The molecular weight excluding hydrogens is 258 g/mol. The van der Waals surface area contributed by atoms with E-state index in [1.807, 2.05) is 36.9 Å². The number of nitrogens with zero attached hydrogens (tertiary/aromatic N) is 3. The summed E-state index contributed by atoms with van der Waals surface area (Å²) in [7, 11) is 2.15. The van der Waals surface area contributed by atoms with E-state index in [0.29, 0.717) is 6.04 Å². The molecule has 0 unspecified atom stereocenters.